The van der Waals surface area contributed by atoms with Crippen molar-refractivity contribution in [2.75, 3.05) is 6.54 Å². The van der Waals surface area contributed by atoms with Gasteiger partial charge >= 0.3 is 0 Å². The van der Waals surface area contributed by atoms with E-state index < -0.39 is 35.2 Å². The Kier molecular flexibility index (Phi) is 5.28. The second-order valence-electron chi connectivity index (χ2n) is 6.86. The monoisotopic (exact) mass is 416 g/mol. The van der Waals surface area contributed by atoms with Gasteiger partial charge in [0.05, 0.1) is 17.0 Å². The van der Waals surface area contributed by atoms with E-state index in [0.29, 0.717) is 5.56 Å². The molecule has 31 heavy (non-hydrogen) atoms. The van der Waals surface area contributed by atoms with Crippen molar-refractivity contribution in [3.8, 4) is 5.75 Å². The van der Waals surface area contributed by atoms with Gasteiger partial charge in [-0.2, -0.15) is 0 Å². The molecule has 0 fully saturated rings. The number of ketones is 1. The average Bonchev–Trinajstić information content (AvgIpc) is 2.90. The highest BCUT2D eigenvalue weighted by molar-refractivity contribution is 6.12. The van der Waals surface area contributed by atoms with Crippen LogP contribution in [0.4, 0.5) is 5.69 Å². The van der Waals surface area contributed by atoms with Gasteiger partial charge in [-0.25, -0.2) is 0 Å². The highest BCUT2D eigenvalue weighted by Gasteiger charge is 2.38. The summed E-state index contributed by atoms with van der Waals surface area (Å²) >= 11 is 0. The smallest absolute Gasteiger partial charge is 0.275 e. The van der Waals surface area contributed by atoms with Crippen LogP contribution in [0.2, 0.25) is 0 Å². The Morgan fingerprint density at radius 3 is 2.42 bits per heavy atom. The number of benzene rings is 3. The zero-order valence-electron chi connectivity index (χ0n) is 16.1. The quantitative estimate of drug-likeness (QED) is 0.272. The van der Waals surface area contributed by atoms with Crippen molar-refractivity contribution in [1.82, 2.24) is 4.90 Å². The summed E-state index contributed by atoms with van der Waals surface area (Å²) in [6, 6.07) is 20.2. The molecule has 4 rings (SSSR count). The third-order valence-corrected chi connectivity index (χ3v) is 4.88. The van der Waals surface area contributed by atoms with Gasteiger partial charge < -0.3 is 4.74 Å². The lowest BCUT2D eigenvalue weighted by Gasteiger charge is -2.22. The minimum Gasteiger partial charge on any atom is -0.475 e. The lowest BCUT2D eigenvalue weighted by Crippen LogP contribution is -2.42. The van der Waals surface area contributed by atoms with Gasteiger partial charge in [0.25, 0.3) is 17.5 Å². The maximum Gasteiger partial charge on any atom is 0.275 e. The van der Waals surface area contributed by atoms with E-state index in [4.69, 9.17) is 4.74 Å². The van der Waals surface area contributed by atoms with E-state index in [1.54, 1.807) is 48.5 Å². The van der Waals surface area contributed by atoms with Gasteiger partial charge in [-0.15, -0.1) is 0 Å². The van der Waals surface area contributed by atoms with Crippen molar-refractivity contribution in [2.45, 2.75) is 6.10 Å². The summed E-state index contributed by atoms with van der Waals surface area (Å²) in [6.07, 6.45) is -1.12. The topological polar surface area (TPSA) is 107 Å². The first-order valence-electron chi connectivity index (χ1n) is 9.39. The van der Waals surface area contributed by atoms with Gasteiger partial charge in [0.2, 0.25) is 6.10 Å². The maximum atomic E-state index is 13.3. The summed E-state index contributed by atoms with van der Waals surface area (Å²) in [5, 5.41) is 11.0. The predicted octanol–water partition coefficient (Wildman–Crippen LogP) is 3.58. The summed E-state index contributed by atoms with van der Waals surface area (Å²) in [5.41, 5.74) is 0.464. The van der Waals surface area contributed by atoms with Crippen LogP contribution in [-0.2, 0) is 4.79 Å². The number of imide groups is 1. The number of nitro benzene ring substituents is 1. The molecule has 0 saturated heterocycles. The number of carbonyl (C=O) groups excluding carboxylic acids is 3. The fourth-order valence-corrected chi connectivity index (χ4v) is 3.33. The first-order valence-corrected chi connectivity index (χ1v) is 9.39. The zero-order chi connectivity index (χ0) is 22.0. The van der Waals surface area contributed by atoms with Gasteiger partial charge in [0.1, 0.15) is 5.75 Å². The lowest BCUT2D eigenvalue weighted by atomic mass is 10.1. The standard InChI is InChI=1S/C23H16N2O6/c26-19(16-9-6-10-17(13-16)25(29)30)14-24-22(27)18-11-4-5-12-20(18)31-21(23(24)28)15-7-2-1-3-8-15/h1-13,21H,14H2. The first kappa shape index (κ1) is 20.0. The van der Waals surface area contributed by atoms with Gasteiger partial charge in [0, 0.05) is 23.3 Å². The normalized spacial score (nSPS) is 15.6. The van der Waals surface area contributed by atoms with E-state index >= 15 is 0 Å². The zero-order valence-corrected chi connectivity index (χ0v) is 16.1. The van der Waals surface area contributed by atoms with Crippen LogP contribution < -0.4 is 4.74 Å². The van der Waals surface area contributed by atoms with E-state index in [1.807, 2.05) is 0 Å². The van der Waals surface area contributed by atoms with E-state index in [9.17, 15) is 24.5 Å². The summed E-state index contributed by atoms with van der Waals surface area (Å²) in [6.45, 7) is -0.570. The molecule has 1 aliphatic heterocycles. The van der Waals surface area contributed by atoms with Gasteiger partial charge in [-0.05, 0) is 12.1 Å². The molecule has 1 heterocycles. The van der Waals surface area contributed by atoms with Crippen molar-refractivity contribution in [3.63, 3.8) is 0 Å². The fourth-order valence-electron chi connectivity index (χ4n) is 3.33. The van der Waals surface area contributed by atoms with Gasteiger partial charge in [-0.3, -0.25) is 29.4 Å². The Balaban J connectivity index is 1.72. The van der Waals surface area contributed by atoms with Crippen molar-refractivity contribution in [1.29, 1.82) is 0 Å². The largest absolute Gasteiger partial charge is 0.475 e. The van der Waals surface area contributed by atoms with Crippen molar-refractivity contribution in [3.05, 3.63) is 106 Å². The Hall–Kier alpha value is -4.33. The molecule has 0 saturated carbocycles. The average molecular weight is 416 g/mol. The maximum absolute atomic E-state index is 13.3. The molecule has 0 aromatic heterocycles. The number of rotatable bonds is 5. The Morgan fingerprint density at radius 2 is 1.68 bits per heavy atom. The van der Waals surface area contributed by atoms with Crippen LogP contribution >= 0.6 is 0 Å². The van der Waals surface area contributed by atoms with Gasteiger partial charge in [0.15, 0.2) is 5.78 Å². The second-order valence-corrected chi connectivity index (χ2v) is 6.86. The van der Waals surface area contributed by atoms with Crippen LogP contribution in [0.5, 0.6) is 5.75 Å². The molecule has 1 unspecified atom stereocenters. The molecule has 1 atom stereocenters. The molecule has 8 heteroatoms. The summed E-state index contributed by atoms with van der Waals surface area (Å²) in [5.74, 6) is -1.72. The molecular formula is C23H16N2O6. The number of para-hydroxylation sites is 1. The van der Waals surface area contributed by atoms with Crippen LogP contribution in [-0.4, -0.2) is 34.0 Å². The number of amides is 2. The van der Waals surface area contributed by atoms with Crippen molar-refractivity contribution >= 4 is 23.3 Å². The summed E-state index contributed by atoms with van der Waals surface area (Å²) in [4.78, 5) is 50.5. The molecule has 0 aliphatic carbocycles. The van der Waals surface area contributed by atoms with Crippen LogP contribution in [0, 0.1) is 10.1 Å². The van der Waals surface area contributed by atoms with Crippen LogP contribution in [0.1, 0.15) is 32.4 Å². The molecule has 0 bridgehead atoms. The minimum absolute atomic E-state index is 0.0320. The molecule has 0 spiro atoms. The molecule has 3 aromatic rings. The Bertz CT molecular complexity index is 1190. The third-order valence-electron chi connectivity index (χ3n) is 4.88. The molecule has 1 aliphatic rings. The molecular weight excluding hydrogens is 400 g/mol. The van der Waals surface area contributed by atoms with Crippen molar-refractivity contribution < 1.29 is 24.0 Å². The molecule has 2 amide bonds. The van der Waals surface area contributed by atoms with E-state index in [0.717, 1.165) is 11.0 Å². The number of carbonyl (C=O) groups is 3. The van der Waals surface area contributed by atoms with E-state index in [1.165, 1.54) is 24.3 Å². The van der Waals surface area contributed by atoms with Crippen LogP contribution in [0.15, 0.2) is 78.9 Å². The predicted molar refractivity (Wildman–Crippen MR) is 110 cm³/mol. The molecule has 0 radical (unpaired) electrons. The first-order chi connectivity index (χ1) is 15.0. The van der Waals surface area contributed by atoms with Crippen molar-refractivity contribution in [2.24, 2.45) is 0 Å². The number of non-ortho nitro benzene ring substituents is 1. The Labute approximate surface area is 176 Å². The molecule has 3 aromatic carbocycles. The summed E-state index contributed by atoms with van der Waals surface area (Å²) in [7, 11) is 0. The fraction of sp³-hybridized carbons (Fsp3) is 0.0870. The number of fused-ring (bicyclic) bond motifs is 1. The summed E-state index contributed by atoms with van der Waals surface area (Å²) < 4.78 is 5.88. The van der Waals surface area contributed by atoms with E-state index in [-0.39, 0.29) is 22.6 Å². The molecule has 0 N–H and O–H groups in total. The highest BCUT2D eigenvalue weighted by Crippen LogP contribution is 2.32. The number of ether oxygens (including phenoxy) is 1. The minimum atomic E-state index is -1.12. The number of hydrogen-bond acceptors (Lipinski definition) is 6. The lowest BCUT2D eigenvalue weighted by molar-refractivity contribution is -0.384. The highest BCUT2D eigenvalue weighted by atomic mass is 16.6. The number of nitro groups is 1. The van der Waals surface area contributed by atoms with Crippen LogP contribution in [0.3, 0.4) is 0 Å². The SMILES string of the molecule is O=C(CN1C(=O)c2ccccc2OC(c2ccccc2)C1=O)c1cccc([N+](=O)[O-])c1. The van der Waals surface area contributed by atoms with Crippen LogP contribution in [0.25, 0.3) is 0 Å². The third kappa shape index (κ3) is 3.91. The molecule has 8 nitrogen and oxygen atoms in total. The second kappa shape index (κ2) is 8.19. The van der Waals surface area contributed by atoms with Gasteiger partial charge in [-0.1, -0.05) is 54.6 Å². The number of nitrogens with zero attached hydrogens (tertiary/aromatic N) is 2. The Morgan fingerprint density at radius 1 is 0.968 bits per heavy atom. The number of hydrogen-bond donors (Lipinski definition) is 0. The molecule has 154 valence electrons. The number of Topliss-reactive ketones (excluding diaryl/α,β-unsaturated/α-hetero) is 1. The van der Waals surface area contributed by atoms with E-state index in [2.05, 4.69) is 0 Å².